The highest BCUT2D eigenvalue weighted by Gasteiger charge is 2.01. The van der Waals surface area contributed by atoms with Gasteiger partial charge in [0, 0.05) is 18.9 Å². The van der Waals surface area contributed by atoms with Crippen molar-refractivity contribution < 1.29 is 4.79 Å². The van der Waals surface area contributed by atoms with Crippen molar-refractivity contribution in [3.8, 4) is 0 Å². The molecule has 1 aromatic carbocycles. The van der Waals surface area contributed by atoms with Crippen LogP contribution in [-0.2, 0) is 6.42 Å². The lowest BCUT2D eigenvalue weighted by Crippen LogP contribution is -2.29. The molecule has 88 valence electrons. The summed E-state index contributed by atoms with van der Waals surface area (Å²) in [6, 6.07) is 8.14. The lowest BCUT2D eigenvalue weighted by molar-refractivity contribution is 0.242. The molecule has 1 amide bonds. The molecule has 4 heteroatoms. The monoisotopic (exact) mass is 229 g/mol. The third-order valence-corrected chi connectivity index (χ3v) is 2.51. The molecule has 0 aliphatic heterocycles. The molecule has 2 aromatic rings. The summed E-state index contributed by atoms with van der Waals surface area (Å²) in [7, 11) is 0. The quantitative estimate of drug-likeness (QED) is 0.875. The lowest BCUT2D eigenvalue weighted by atomic mass is 10.1. The molecule has 0 saturated heterocycles. The summed E-state index contributed by atoms with van der Waals surface area (Å²) < 4.78 is 1.43. The molecule has 0 fully saturated rings. The standard InChI is InChI=1S/C13H15N3O/c1-11-3-2-4-12(9-11)5-6-15-13(17)16-8-7-14-10-16/h2-4,7-10H,5-6H2,1H3,(H,15,17). The summed E-state index contributed by atoms with van der Waals surface area (Å²) >= 11 is 0. The van der Waals surface area contributed by atoms with Crippen LogP contribution < -0.4 is 5.32 Å². The average Bonchev–Trinajstić information content (AvgIpc) is 2.82. The second kappa shape index (κ2) is 5.30. The number of aryl methyl sites for hydroxylation is 1. The summed E-state index contributed by atoms with van der Waals surface area (Å²) in [6.07, 6.45) is 5.53. The summed E-state index contributed by atoms with van der Waals surface area (Å²) in [5, 5.41) is 2.84. The summed E-state index contributed by atoms with van der Waals surface area (Å²) in [5.41, 5.74) is 2.47. The zero-order chi connectivity index (χ0) is 12.1. The van der Waals surface area contributed by atoms with Crippen LogP contribution in [0.5, 0.6) is 0 Å². The lowest BCUT2D eigenvalue weighted by Gasteiger charge is -2.05. The first-order valence-corrected chi connectivity index (χ1v) is 5.57. The number of aromatic nitrogens is 2. The van der Waals surface area contributed by atoms with Gasteiger partial charge in [0.25, 0.3) is 0 Å². The van der Waals surface area contributed by atoms with Crippen LogP contribution in [0.1, 0.15) is 11.1 Å². The van der Waals surface area contributed by atoms with Crippen molar-refractivity contribution in [2.24, 2.45) is 0 Å². The van der Waals surface area contributed by atoms with Crippen LogP contribution in [0.15, 0.2) is 43.0 Å². The predicted molar refractivity (Wildman–Crippen MR) is 65.9 cm³/mol. The van der Waals surface area contributed by atoms with Gasteiger partial charge in [-0.25, -0.2) is 9.78 Å². The Labute approximate surface area is 100 Å². The van der Waals surface area contributed by atoms with Crippen LogP contribution in [-0.4, -0.2) is 22.1 Å². The molecule has 0 aliphatic carbocycles. The highest BCUT2D eigenvalue weighted by molar-refractivity contribution is 5.76. The summed E-state index contributed by atoms with van der Waals surface area (Å²) in [5.74, 6) is 0. The number of carbonyl (C=O) groups is 1. The molecule has 0 radical (unpaired) electrons. The smallest absolute Gasteiger partial charge is 0.326 e. The molecule has 0 unspecified atom stereocenters. The molecule has 0 aliphatic rings. The Bertz CT molecular complexity index is 491. The van der Waals surface area contributed by atoms with Gasteiger partial charge in [-0.15, -0.1) is 0 Å². The van der Waals surface area contributed by atoms with E-state index < -0.39 is 0 Å². The number of carbonyl (C=O) groups excluding carboxylic acids is 1. The molecular weight excluding hydrogens is 214 g/mol. The fourth-order valence-corrected chi connectivity index (χ4v) is 1.65. The Morgan fingerprint density at radius 1 is 1.47 bits per heavy atom. The van der Waals surface area contributed by atoms with Gasteiger partial charge in [-0.05, 0) is 18.9 Å². The van der Waals surface area contributed by atoms with Gasteiger partial charge in [-0.2, -0.15) is 0 Å². The Hall–Kier alpha value is -2.10. The van der Waals surface area contributed by atoms with Crippen LogP contribution in [0.4, 0.5) is 4.79 Å². The van der Waals surface area contributed by atoms with Gasteiger partial charge in [0.1, 0.15) is 6.33 Å². The zero-order valence-corrected chi connectivity index (χ0v) is 9.76. The van der Waals surface area contributed by atoms with Crippen LogP contribution in [0, 0.1) is 6.92 Å². The van der Waals surface area contributed by atoms with E-state index in [2.05, 4.69) is 35.4 Å². The summed E-state index contributed by atoms with van der Waals surface area (Å²) in [6.45, 7) is 2.69. The topological polar surface area (TPSA) is 46.9 Å². The van der Waals surface area contributed by atoms with Crippen LogP contribution in [0.25, 0.3) is 0 Å². The largest absolute Gasteiger partial charge is 0.337 e. The van der Waals surface area contributed by atoms with Gasteiger partial charge >= 0.3 is 6.03 Å². The number of benzene rings is 1. The fourth-order valence-electron chi connectivity index (χ4n) is 1.65. The van der Waals surface area contributed by atoms with Crippen LogP contribution in [0.2, 0.25) is 0 Å². The normalized spacial score (nSPS) is 10.2. The van der Waals surface area contributed by atoms with Crippen molar-refractivity contribution >= 4 is 6.03 Å². The number of nitrogens with zero attached hydrogens (tertiary/aromatic N) is 2. The van der Waals surface area contributed by atoms with Gasteiger partial charge in [0.05, 0.1) is 0 Å². The Kier molecular flexibility index (Phi) is 3.55. The molecule has 1 aromatic heterocycles. The predicted octanol–water partition coefficient (Wildman–Crippen LogP) is 1.99. The maximum absolute atomic E-state index is 11.6. The Morgan fingerprint density at radius 2 is 2.35 bits per heavy atom. The van der Waals surface area contributed by atoms with E-state index in [-0.39, 0.29) is 6.03 Å². The van der Waals surface area contributed by atoms with E-state index in [1.807, 2.05) is 6.07 Å². The van der Waals surface area contributed by atoms with Gasteiger partial charge in [0.15, 0.2) is 0 Å². The van der Waals surface area contributed by atoms with Crippen molar-refractivity contribution in [1.29, 1.82) is 0 Å². The molecule has 0 spiro atoms. The maximum Gasteiger partial charge on any atom is 0.326 e. The van der Waals surface area contributed by atoms with Crippen LogP contribution in [0.3, 0.4) is 0 Å². The van der Waals surface area contributed by atoms with Gasteiger partial charge in [0.2, 0.25) is 0 Å². The van der Waals surface area contributed by atoms with E-state index in [0.29, 0.717) is 6.54 Å². The minimum Gasteiger partial charge on any atom is -0.337 e. The molecule has 0 bridgehead atoms. The Balaban J connectivity index is 1.82. The highest BCUT2D eigenvalue weighted by atomic mass is 16.2. The molecule has 4 nitrogen and oxygen atoms in total. The molecular formula is C13H15N3O. The van der Waals surface area contributed by atoms with Crippen molar-refractivity contribution in [3.05, 3.63) is 54.1 Å². The first kappa shape index (κ1) is 11.4. The van der Waals surface area contributed by atoms with E-state index in [1.54, 1.807) is 12.4 Å². The first-order valence-electron chi connectivity index (χ1n) is 5.57. The third kappa shape index (κ3) is 3.17. The van der Waals surface area contributed by atoms with Crippen LogP contribution >= 0.6 is 0 Å². The van der Waals surface area contributed by atoms with Gasteiger partial charge < -0.3 is 5.32 Å². The van der Waals surface area contributed by atoms with Crippen molar-refractivity contribution in [1.82, 2.24) is 14.9 Å². The number of amides is 1. The second-order valence-corrected chi connectivity index (χ2v) is 3.94. The van der Waals surface area contributed by atoms with E-state index in [1.165, 1.54) is 22.0 Å². The van der Waals surface area contributed by atoms with Crippen molar-refractivity contribution in [2.45, 2.75) is 13.3 Å². The summed E-state index contributed by atoms with van der Waals surface area (Å²) in [4.78, 5) is 15.4. The number of nitrogens with one attached hydrogen (secondary N) is 1. The number of hydrogen-bond donors (Lipinski definition) is 1. The Morgan fingerprint density at radius 3 is 3.06 bits per heavy atom. The van der Waals surface area contributed by atoms with E-state index >= 15 is 0 Å². The van der Waals surface area contributed by atoms with E-state index in [9.17, 15) is 4.79 Å². The minimum absolute atomic E-state index is 0.143. The molecule has 17 heavy (non-hydrogen) atoms. The first-order chi connectivity index (χ1) is 8.25. The van der Waals surface area contributed by atoms with Gasteiger partial charge in [-0.1, -0.05) is 29.8 Å². The molecule has 1 N–H and O–H groups in total. The molecule has 0 saturated carbocycles. The fraction of sp³-hybridized carbons (Fsp3) is 0.231. The third-order valence-electron chi connectivity index (χ3n) is 2.51. The second-order valence-electron chi connectivity index (χ2n) is 3.94. The van der Waals surface area contributed by atoms with Crippen molar-refractivity contribution in [3.63, 3.8) is 0 Å². The highest BCUT2D eigenvalue weighted by Crippen LogP contribution is 2.03. The number of imidazole rings is 1. The minimum atomic E-state index is -0.143. The number of rotatable bonds is 3. The van der Waals surface area contributed by atoms with Crippen molar-refractivity contribution in [2.75, 3.05) is 6.54 Å². The molecule has 0 atom stereocenters. The molecule has 2 rings (SSSR count). The zero-order valence-electron chi connectivity index (χ0n) is 9.76. The molecule has 1 heterocycles. The van der Waals surface area contributed by atoms with Gasteiger partial charge in [-0.3, -0.25) is 4.57 Å². The van der Waals surface area contributed by atoms with E-state index in [0.717, 1.165) is 6.42 Å². The van der Waals surface area contributed by atoms with E-state index in [4.69, 9.17) is 0 Å². The average molecular weight is 229 g/mol. The maximum atomic E-state index is 11.6. The SMILES string of the molecule is Cc1cccc(CCNC(=O)n2ccnc2)c1. The number of hydrogen-bond acceptors (Lipinski definition) is 2.